The molecule has 0 saturated heterocycles. The van der Waals surface area contributed by atoms with Crippen molar-refractivity contribution in [2.45, 2.75) is 6.92 Å². The smallest absolute Gasteiger partial charge is 0.205 e. The first-order valence-electron chi connectivity index (χ1n) is 4.64. The van der Waals surface area contributed by atoms with E-state index in [9.17, 15) is 9.18 Å². The molecule has 2 aromatic rings. The number of aryl methyl sites for hydroxylation is 1. The molecule has 4 heteroatoms. The number of carbonyl (C=O) groups is 1. The molecule has 0 atom stereocenters. The SMILES string of the molecule is Cc1ccc(F)c(C(=O)c2ccc(Br)s2)c1. The molecule has 82 valence electrons. The van der Waals surface area contributed by atoms with Crippen molar-refractivity contribution in [1.82, 2.24) is 0 Å². The highest BCUT2D eigenvalue weighted by atomic mass is 79.9. The standard InChI is InChI=1S/C12H8BrFOS/c1-7-2-3-9(14)8(6-7)12(15)10-4-5-11(13)16-10/h2-6H,1H3. The highest BCUT2D eigenvalue weighted by molar-refractivity contribution is 9.11. The predicted molar refractivity (Wildman–Crippen MR) is 66.6 cm³/mol. The maximum Gasteiger partial charge on any atom is 0.205 e. The molecule has 0 aliphatic heterocycles. The molecule has 0 aliphatic carbocycles. The molecule has 0 amide bonds. The molecular weight excluding hydrogens is 291 g/mol. The third-order valence-electron chi connectivity index (χ3n) is 2.16. The molecule has 1 aromatic heterocycles. The summed E-state index contributed by atoms with van der Waals surface area (Å²) in [7, 11) is 0. The first-order valence-corrected chi connectivity index (χ1v) is 6.25. The first-order chi connectivity index (χ1) is 7.58. The summed E-state index contributed by atoms with van der Waals surface area (Å²) in [5.74, 6) is -0.739. The van der Waals surface area contributed by atoms with E-state index in [4.69, 9.17) is 0 Å². The second-order valence-corrected chi connectivity index (χ2v) is 5.88. The lowest BCUT2D eigenvalue weighted by atomic mass is 10.1. The Bertz CT molecular complexity index is 548. The van der Waals surface area contributed by atoms with Crippen molar-refractivity contribution in [3.63, 3.8) is 0 Å². The molecule has 0 N–H and O–H groups in total. The summed E-state index contributed by atoms with van der Waals surface area (Å²) in [4.78, 5) is 12.5. The van der Waals surface area contributed by atoms with Gasteiger partial charge < -0.3 is 0 Å². The van der Waals surface area contributed by atoms with Gasteiger partial charge in [-0.05, 0) is 47.1 Å². The number of benzene rings is 1. The summed E-state index contributed by atoms with van der Waals surface area (Å²) in [5, 5.41) is 0. The first kappa shape index (κ1) is 11.5. The van der Waals surface area contributed by atoms with Gasteiger partial charge in [-0.2, -0.15) is 0 Å². The summed E-state index contributed by atoms with van der Waals surface area (Å²) in [6, 6.07) is 8.03. The molecule has 0 spiro atoms. The minimum atomic E-state index is -0.472. The molecule has 0 aliphatic rings. The summed E-state index contributed by atoms with van der Waals surface area (Å²) < 4.78 is 14.3. The van der Waals surface area contributed by atoms with Crippen LogP contribution in [0.2, 0.25) is 0 Å². The summed E-state index contributed by atoms with van der Waals surface area (Å²) in [6.07, 6.45) is 0. The largest absolute Gasteiger partial charge is 0.288 e. The minimum absolute atomic E-state index is 0.134. The quantitative estimate of drug-likeness (QED) is 0.760. The van der Waals surface area contributed by atoms with Crippen molar-refractivity contribution in [3.05, 3.63) is 55.9 Å². The van der Waals surface area contributed by atoms with Gasteiger partial charge in [0, 0.05) is 0 Å². The summed E-state index contributed by atoms with van der Waals surface area (Å²) in [5.41, 5.74) is 1.01. The zero-order valence-corrected chi connectivity index (χ0v) is 10.9. The van der Waals surface area contributed by atoms with Gasteiger partial charge in [-0.15, -0.1) is 11.3 Å². The number of hydrogen-bond donors (Lipinski definition) is 0. The van der Waals surface area contributed by atoms with Crippen LogP contribution in [-0.4, -0.2) is 5.78 Å². The Balaban J connectivity index is 2.45. The van der Waals surface area contributed by atoms with E-state index in [1.165, 1.54) is 17.4 Å². The van der Waals surface area contributed by atoms with Gasteiger partial charge in [0.2, 0.25) is 5.78 Å². The Morgan fingerprint density at radius 3 is 2.69 bits per heavy atom. The Morgan fingerprint density at radius 1 is 1.31 bits per heavy atom. The lowest BCUT2D eigenvalue weighted by Gasteiger charge is -2.01. The third-order valence-corrected chi connectivity index (χ3v) is 3.79. The predicted octanol–water partition coefficient (Wildman–Crippen LogP) is 4.19. The Labute approximate surface area is 105 Å². The van der Waals surface area contributed by atoms with Crippen molar-refractivity contribution >= 4 is 33.0 Å². The molecule has 1 nitrogen and oxygen atoms in total. The molecule has 16 heavy (non-hydrogen) atoms. The van der Waals surface area contributed by atoms with E-state index in [2.05, 4.69) is 15.9 Å². The van der Waals surface area contributed by atoms with Gasteiger partial charge in [-0.3, -0.25) is 4.79 Å². The van der Waals surface area contributed by atoms with Crippen LogP contribution in [0, 0.1) is 12.7 Å². The second-order valence-electron chi connectivity index (χ2n) is 3.42. The van der Waals surface area contributed by atoms with Crippen LogP contribution in [0.15, 0.2) is 34.1 Å². The average molecular weight is 299 g/mol. The van der Waals surface area contributed by atoms with Crippen molar-refractivity contribution in [1.29, 1.82) is 0 Å². The van der Waals surface area contributed by atoms with Crippen LogP contribution in [-0.2, 0) is 0 Å². The molecule has 1 aromatic carbocycles. The number of carbonyl (C=O) groups excluding carboxylic acids is 1. The lowest BCUT2D eigenvalue weighted by molar-refractivity contribution is 0.103. The fourth-order valence-electron chi connectivity index (χ4n) is 1.38. The van der Waals surface area contributed by atoms with E-state index < -0.39 is 5.82 Å². The van der Waals surface area contributed by atoms with Gasteiger partial charge in [-0.1, -0.05) is 11.6 Å². The van der Waals surface area contributed by atoms with Crippen molar-refractivity contribution < 1.29 is 9.18 Å². The van der Waals surface area contributed by atoms with E-state index in [1.807, 2.05) is 6.92 Å². The zero-order valence-electron chi connectivity index (χ0n) is 8.46. The maximum absolute atomic E-state index is 13.5. The number of halogens is 2. The third kappa shape index (κ3) is 2.23. The van der Waals surface area contributed by atoms with E-state index in [0.717, 1.165) is 9.35 Å². The minimum Gasteiger partial charge on any atom is -0.288 e. The Hall–Kier alpha value is -1.000. The van der Waals surface area contributed by atoms with Crippen molar-refractivity contribution in [2.75, 3.05) is 0 Å². The maximum atomic E-state index is 13.5. The van der Waals surface area contributed by atoms with Crippen LogP contribution < -0.4 is 0 Å². The van der Waals surface area contributed by atoms with Crippen LogP contribution in [0.1, 0.15) is 20.8 Å². The fourth-order valence-corrected chi connectivity index (χ4v) is 2.72. The topological polar surface area (TPSA) is 17.1 Å². The van der Waals surface area contributed by atoms with E-state index in [0.29, 0.717) is 4.88 Å². The van der Waals surface area contributed by atoms with Crippen molar-refractivity contribution in [2.24, 2.45) is 0 Å². The molecule has 2 rings (SSSR count). The van der Waals surface area contributed by atoms with Gasteiger partial charge >= 0.3 is 0 Å². The molecule has 0 radical (unpaired) electrons. The van der Waals surface area contributed by atoms with Crippen molar-refractivity contribution in [3.8, 4) is 0 Å². The number of ketones is 1. The molecule has 0 unspecified atom stereocenters. The Kier molecular flexibility index (Phi) is 3.21. The fraction of sp³-hybridized carbons (Fsp3) is 0.0833. The van der Waals surface area contributed by atoms with Gasteiger partial charge in [0.15, 0.2) is 0 Å². The molecule has 0 fully saturated rings. The lowest BCUT2D eigenvalue weighted by Crippen LogP contribution is -2.02. The molecule has 1 heterocycles. The van der Waals surface area contributed by atoms with Gasteiger partial charge in [-0.25, -0.2) is 4.39 Å². The monoisotopic (exact) mass is 298 g/mol. The van der Waals surface area contributed by atoms with Gasteiger partial charge in [0.05, 0.1) is 14.2 Å². The molecule has 0 bridgehead atoms. The summed E-state index contributed by atoms with van der Waals surface area (Å²) >= 11 is 4.58. The highest BCUT2D eigenvalue weighted by Gasteiger charge is 2.15. The second kappa shape index (κ2) is 4.47. The summed E-state index contributed by atoms with van der Waals surface area (Å²) in [6.45, 7) is 1.83. The van der Waals surface area contributed by atoms with Crippen LogP contribution in [0.4, 0.5) is 4.39 Å². The van der Waals surface area contributed by atoms with Gasteiger partial charge in [0.1, 0.15) is 5.82 Å². The van der Waals surface area contributed by atoms with E-state index in [-0.39, 0.29) is 11.3 Å². The number of hydrogen-bond acceptors (Lipinski definition) is 2. The Morgan fingerprint density at radius 2 is 2.06 bits per heavy atom. The molecular formula is C12H8BrFOS. The zero-order chi connectivity index (χ0) is 11.7. The van der Waals surface area contributed by atoms with Crippen LogP contribution in [0.3, 0.4) is 0 Å². The van der Waals surface area contributed by atoms with Crippen LogP contribution in [0.25, 0.3) is 0 Å². The normalized spacial score (nSPS) is 10.4. The van der Waals surface area contributed by atoms with Gasteiger partial charge in [0.25, 0.3) is 0 Å². The molecule has 0 saturated carbocycles. The van der Waals surface area contributed by atoms with E-state index in [1.54, 1.807) is 24.3 Å². The average Bonchev–Trinajstić information content (AvgIpc) is 2.67. The highest BCUT2D eigenvalue weighted by Crippen LogP contribution is 2.25. The number of thiophene rings is 1. The number of rotatable bonds is 2. The van der Waals surface area contributed by atoms with Crippen LogP contribution in [0.5, 0.6) is 0 Å². The van der Waals surface area contributed by atoms with E-state index >= 15 is 0 Å². The van der Waals surface area contributed by atoms with Crippen LogP contribution >= 0.6 is 27.3 Å².